The van der Waals surface area contributed by atoms with Crippen LogP contribution in [0, 0.1) is 0 Å². The minimum atomic E-state index is -0.617. The van der Waals surface area contributed by atoms with Crippen LogP contribution in [0.1, 0.15) is 15.9 Å². The maximum Gasteiger partial charge on any atom is 0.331 e. The van der Waals surface area contributed by atoms with Gasteiger partial charge in [0.25, 0.3) is 0 Å². The third-order valence-electron chi connectivity index (χ3n) is 3.31. The van der Waals surface area contributed by atoms with Gasteiger partial charge in [-0.25, -0.2) is 4.79 Å². The Hall–Kier alpha value is -2.79. The van der Waals surface area contributed by atoms with E-state index in [1.165, 1.54) is 26.4 Å². The van der Waals surface area contributed by atoms with Crippen LogP contribution in [0.2, 0.25) is 5.02 Å². The highest BCUT2D eigenvalue weighted by molar-refractivity contribution is 6.30. The largest absolute Gasteiger partial charge is 0.493 e. The monoisotopic (exact) mass is 360 g/mol. The highest BCUT2D eigenvalue weighted by Crippen LogP contribution is 2.27. The van der Waals surface area contributed by atoms with Crippen LogP contribution in [0.3, 0.4) is 0 Å². The second kappa shape index (κ2) is 8.89. The Labute approximate surface area is 150 Å². The summed E-state index contributed by atoms with van der Waals surface area (Å²) in [6.07, 6.45) is 2.81. The summed E-state index contributed by atoms with van der Waals surface area (Å²) in [4.78, 5) is 23.8. The van der Waals surface area contributed by atoms with E-state index in [0.29, 0.717) is 22.1 Å². The molecule has 0 heterocycles. The smallest absolute Gasteiger partial charge is 0.331 e. The van der Waals surface area contributed by atoms with Gasteiger partial charge in [0.15, 0.2) is 23.9 Å². The van der Waals surface area contributed by atoms with Gasteiger partial charge in [-0.05, 0) is 42.0 Å². The van der Waals surface area contributed by atoms with Gasteiger partial charge >= 0.3 is 5.97 Å². The van der Waals surface area contributed by atoms with Gasteiger partial charge in [-0.1, -0.05) is 23.7 Å². The number of benzene rings is 2. The predicted molar refractivity (Wildman–Crippen MR) is 95.3 cm³/mol. The first kappa shape index (κ1) is 18.5. The van der Waals surface area contributed by atoms with Crippen molar-refractivity contribution in [1.29, 1.82) is 0 Å². The van der Waals surface area contributed by atoms with Crippen LogP contribution in [-0.2, 0) is 9.53 Å². The zero-order valence-corrected chi connectivity index (χ0v) is 14.6. The standard InChI is InChI=1S/C19H17ClO5/c1-23-17-8-7-14(11-18(17)24-2)16(21)12-25-19(22)9-6-13-4-3-5-15(20)10-13/h3-11H,12H2,1-2H3/b9-6+. The Morgan fingerprint density at radius 3 is 2.48 bits per heavy atom. The second-order valence-electron chi connectivity index (χ2n) is 4.99. The van der Waals surface area contributed by atoms with Crippen molar-refractivity contribution in [2.24, 2.45) is 0 Å². The number of esters is 1. The summed E-state index contributed by atoms with van der Waals surface area (Å²) < 4.78 is 15.2. The van der Waals surface area contributed by atoms with E-state index in [4.69, 9.17) is 25.8 Å². The van der Waals surface area contributed by atoms with Crippen LogP contribution in [-0.4, -0.2) is 32.6 Å². The highest BCUT2D eigenvalue weighted by Gasteiger charge is 2.12. The summed E-state index contributed by atoms with van der Waals surface area (Å²) in [5, 5.41) is 0.569. The van der Waals surface area contributed by atoms with Gasteiger partial charge in [0.1, 0.15) is 0 Å². The number of Topliss-reactive ketones (excluding diaryl/α,β-unsaturated/α-hetero) is 1. The summed E-state index contributed by atoms with van der Waals surface area (Å²) in [7, 11) is 2.99. The second-order valence-corrected chi connectivity index (χ2v) is 5.43. The van der Waals surface area contributed by atoms with E-state index in [-0.39, 0.29) is 12.4 Å². The van der Waals surface area contributed by atoms with Gasteiger partial charge < -0.3 is 14.2 Å². The fraction of sp³-hybridized carbons (Fsp3) is 0.158. The summed E-state index contributed by atoms with van der Waals surface area (Å²) in [6, 6.07) is 11.8. The molecule has 130 valence electrons. The van der Waals surface area contributed by atoms with Crippen molar-refractivity contribution >= 4 is 29.4 Å². The lowest BCUT2D eigenvalue weighted by atomic mass is 10.1. The molecule has 0 atom stereocenters. The van der Waals surface area contributed by atoms with Crippen molar-refractivity contribution in [2.75, 3.05) is 20.8 Å². The number of ether oxygens (including phenoxy) is 3. The molecule has 2 aromatic carbocycles. The zero-order chi connectivity index (χ0) is 18.2. The Kier molecular flexibility index (Phi) is 6.60. The van der Waals surface area contributed by atoms with E-state index in [1.807, 2.05) is 0 Å². The number of hydrogen-bond acceptors (Lipinski definition) is 5. The van der Waals surface area contributed by atoms with Gasteiger partial charge in [-0.3, -0.25) is 4.79 Å². The lowest BCUT2D eigenvalue weighted by Gasteiger charge is -2.09. The van der Waals surface area contributed by atoms with Gasteiger partial charge in [0.05, 0.1) is 14.2 Å². The molecular weight excluding hydrogens is 344 g/mol. The molecule has 0 radical (unpaired) electrons. The number of methoxy groups -OCH3 is 2. The van der Waals surface area contributed by atoms with Crippen molar-refractivity contribution in [1.82, 2.24) is 0 Å². The lowest BCUT2D eigenvalue weighted by Crippen LogP contribution is -2.12. The predicted octanol–water partition coefficient (Wildman–Crippen LogP) is 3.80. The van der Waals surface area contributed by atoms with Crippen molar-refractivity contribution < 1.29 is 23.8 Å². The molecule has 25 heavy (non-hydrogen) atoms. The maximum atomic E-state index is 12.1. The van der Waals surface area contributed by atoms with Gasteiger partial charge in [0.2, 0.25) is 0 Å². The molecule has 0 saturated heterocycles. The molecule has 6 heteroatoms. The molecule has 0 saturated carbocycles. The number of halogens is 1. The van der Waals surface area contributed by atoms with E-state index in [1.54, 1.807) is 42.5 Å². The molecule has 0 fully saturated rings. The number of carbonyl (C=O) groups is 2. The van der Waals surface area contributed by atoms with E-state index < -0.39 is 5.97 Å². The molecule has 0 bridgehead atoms. The number of ketones is 1. The summed E-state index contributed by atoms with van der Waals surface area (Å²) in [5.41, 5.74) is 1.12. The van der Waals surface area contributed by atoms with E-state index >= 15 is 0 Å². The van der Waals surface area contributed by atoms with Gasteiger partial charge in [-0.15, -0.1) is 0 Å². The topological polar surface area (TPSA) is 61.8 Å². The fourth-order valence-electron chi connectivity index (χ4n) is 2.05. The average Bonchev–Trinajstić information content (AvgIpc) is 2.63. The molecule has 2 rings (SSSR count). The van der Waals surface area contributed by atoms with Crippen LogP contribution in [0.4, 0.5) is 0 Å². The maximum absolute atomic E-state index is 12.1. The molecule has 0 spiro atoms. The molecular formula is C19H17ClO5. The Bertz CT molecular complexity index is 798. The fourth-order valence-corrected chi connectivity index (χ4v) is 2.25. The first-order valence-corrected chi connectivity index (χ1v) is 7.77. The normalized spacial score (nSPS) is 10.5. The minimum absolute atomic E-state index is 0.342. The summed E-state index contributed by atoms with van der Waals surface area (Å²) in [5.74, 6) is -0.0136. The SMILES string of the molecule is COc1ccc(C(=O)COC(=O)/C=C/c2cccc(Cl)c2)cc1OC. The van der Waals surface area contributed by atoms with Crippen LogP contribution in [0.15, 0.2) is 48.5 Å². The van der Waals surface area contributed by atoms with Crippen molar-refractivity contribution in [3.05, 3.63) is 64.7 Å². The molecule has 0 aliphatic heterocycles. The molecule has 0 unspecified atom stereocenters. The van der Waals surface area contributed by atoms with Crippen LogP contribution in [0.25, 0.3) is 6.08 Å². The quantitative estimate of drug-likeness (QED) is 0.427. The number of hydrogen-bond donors (Lipinski definition) is 0. The van der Waals surface area contributed by atoms with E-state index in [2.05, 4.69) is 0 Å². The highest BCUT2D eigenvalue weighted by atomic mass is 35.5. The van der Waals surface area contributed by atoms with Crippen LogP contribution >= 0.6 is 11.6 Å². The Balaban J connectivity index is 1.94. The molecule has 0 N–H and O–H groups in total. The van der Waals surface area contributed by atoms with Gasteiger partial charge in [-0.2, -0.15) is 0 Å². The molecule has 0 aliphatic carbocycles. The molecule has 0 aromatic heterocycles. The van der Waals surface area contributed by atoms with Gasteiger partial charge in [0, 0.05) is 16.7 Å². The first-order chi connectivity index (χ1) is 12.0. The molecule has 2 aromatic rings. The Morgan fingerprint density at radius 2 is 1.80 bits per heavy atom. The minimum Gasteiger partial charge on any atom is -0.493 e. The molecule has 0 aliphatic rings. The molecule has 5 nitrogen and oxygen atoms in total. The van der Waals surface area contributed by atoms with E-state index in [0.717, 1.165) is 5.56 Å². The van der Waals surface area contributed by atoms with E-state index in [9.17, 15) is 9.59 Å². The van der Waals surface area contributed by atoms with Crippen LogP contribution < -0.4 is 9.47 Å². The first-order valence-electron chi connectivity index (χ1n) is 7.39. The lowest BCUT2D eigenvalue weighted by molar-refractivity contribution is -0.136. The summed E-state index contributed by atoms with van der Waals surface area (Å²) in [6.45, 7) is -0.367. The van der Waals surface area contributed by atoms with Crippen molar-refractivity contribution in [2.45, 2.75) is 0 Å². The third kappa shape index (κ3) is 5.36. The van der Waals surface area contributed by atoms with Crippen molar-refractivity contribution in [3.63, 3.8) is 0 Å². The number of carbonyl (C=O) groups excluding carboxylic acids is 2. The summed E-state index contributed by atoms with van der Waals surface area (Å²) >= 11 is 5.86. The average molecular weight is 361 g/mol. The number of rotatable bonds is 7. The third-order valence-corrected chi connectivity index (χ3v) is 3.55. The van der Waals surface area contributed by atoms with Crippen molar-refractivity contribution in [3.8, 4) is 11.5 Å². The zero-order valence-electron chi connectivity index (χ0n) is 13.8. The Morgan fingerprint density at radius 1 is 1.04 bits per heavy atom. The van der Waals surface area contributed by atoms with Crippen LogP contribution in [0.5, 0.6) is 11.5 Å². The molecule has 0 amide bonds.